The van der Waals surface area contributed by atoms with Gasteiger partial charge in [0.25, 0.3) is 5.91 Å². The van der Waals surface area contributed by atoms with Crippen LogP contribution in [0.4, 0.5) is 0 Å². The number of carbonyl (C=O) groups is 2. The molecule has 6 nitrogen and oxygen atoms in total. The number of rotatable bonds is 7. The Bertz CT molecular complexity index is 855. The summed E-state index contributed by atoms with van der Waals surface area (Å²) in [4.78, 5) is 30.5. The number of nitrogens with one attached hydrogen (secondary N) is 1. The molecule has 4 rings (SSSR count). The lowest BCUT2D eigenvalue weighted by atomic mass is 9.95. The van der Waals surface area contributed by atoms with E-state index >= 15 is 0 Å². The van der Waals surface area contributed by atoms with Gasteiger partial charge in [0.1, 0.15) is 5.75 Å². The van der Waals surface area contributed by atoms with E-state index in [0.717, 1.165) is 36.6 Å². The van der Waals surface area contributed by atoms with Crippen LogP contribution >= 0.6 is 11.3 Å². The molecule has 0 bridgehead atoms. The number of ether oxygens (including phenoxy) is 1. The quantitative estimate of drug-likeness (QED) is 0.714. The number of methoxy groups -OCH3 is 1. The van der Waals surface area contributed by atoms with Gasteiger partial charge < -0.3 is 15.0 Å². The summed E-state index contributed by atoms with van der Waals surface area (Å²) in [7, 11) is 1.67. The molecule has 3 heterocycles. The van der Waals surface area contributed by atoms with Gasteiger partial charge in [-0.15, -0.1) is 11.3 Å². The fraction of sp³-hybridized carbons (Fsp3) is 0.500. The van der Waals surface area contributed by atoms with Crippen molar-refractivity contribution >= 4 is 23.2 Å². The molecule has 0 radical (unpaired) electrons. The summed E-state index contributed by atoms with van der Waals surface area (Å²) in [6.07, 6.45) is 3.86. The molecule has 166 valence electrons. The third-order valence-electron chi connectivity index (χ3n) is 6.44. The Labute approximate surface area is 188 Å². The van der Waals surface area contributed by atoms with Crippen molar-refractivity contribution < 1.29 is 14.3 Å². The number of benzene rings is 1. The first-order valence-corrected chi connectivity index (χ1v) is 12.0. The maximum atomic E-state index is 12.9. The number of carbonyl (C=O) groups excluding carboxylic acids is 2. The summed E-state index contributed by atoms with van der Waals surface area (Å²) in [5.74, 6) is 1.02. The van der Waals surface area contributed by atoms with Crippen LogP contribution in [-0.4, -0.2) is 61.4 Å². The fourth-order valence-corrected chi connectivity index (χ4v) is 5.27. The van der Waals surface area contributed by atoms with Gasteiger partial charge in [-0.05, 0) is 67.9 Å². The van der Waals surface area contributed by atoms with Crippen LogP contribution in [0.3, 0.4) is 0 Å². The number of nitrogens with zero attached hydrogens (tertiary/aromatic N) is 2. The normalized spacial score (nSPS) is 18.7. The molecule has 2 aromatic rings. The van der Waals surface area contributed by atoms with Crippen molar-refractivity contribution in [1.29, 1.82) is 0 Å². The van der Waals surface area contributed by atoms with Gasteiger partial charge in [-0.25, -0.2) is 0 Å². The maximum absolute atomic E-state index is 12.9. The topological polar surface area (TPSA) is 61.9 Å². The fourth-order valence-electron chi connectivity index (χ4n) is 4.58. The molecule has 2 aliphatic rings. The molecule has 0 spiro atoms. The first-order chi connectivity index (χ1) is 15.2. The number of thiophene rings is 1. The van der Waals surface area contributed by atoms with Gasteiger partial charge in [0, 0.05) is 25.6 Å². The first kappa shape index (κ1) is 21.8. The second-order valence-corrected chi connectivity index (χ2v) is 9.27. The Morgan fingerprint density at radius 3 is 2.42 bits per heavy atom. The van der Waals surface area contributed by atoms with Gasteiger partial charge in [0.05, 0.1) is 18.0 Å². The lowest BCUT2D eigenvalue weighted by molar-refractivity contribution is -0.126. The van der Waals surface area contributed by atoms with Gasteiger partial charge in [-0.1, -0.05) is 18.2 Å². The Morgan fingerprint density at radius 2 is 1.81 bits per heavy atom. The summed E-state index contributed by atoms with van der Waals surface area (Å²) in [5, 5.41) is 5.14. The van der Waals surface area contributed by atoms with Crippen LogP contribution in [0.1, 0.15) is 47.0 Å². The van der Waals surface area contributed by atoms with E-state index in [0.29, 0.717) is 19.6 Å². The van der Waals surface area contributed by atoms with Gasteiger partial charge in [0.15, 0.2) is 0 Å². The molecule has 0 aliphatic carbocycles. The highest BCUT2D eigenvalue weighted by Gasteiger charge is 2.29. The number of hydrogen-bond acceptors (Lipinski definition) is 5. The third kappa shape index (κ3) is 5.28. The van der Waals surface area contributed by atoms with Crippen molar-refractivity contribution in [3.63, 3.8) is 0 Å². The minimum atomic E-state index is -0.0255. The zero-order valence-corrected chi connectivity index (χ0v) is 18.9. The molecular formula is C24H31N3O3S. The molecule has 2 amide bonds. The highest BCUT2D eigenvalue weighted by atomic mass is 32.1. The number of amides is 2. The van der Waals surface area contributed by atoms with Crippen LogP contribution in [0.5, 0.6) is 5.75 Å². The monoisotopic (exact) mass is 441 g/mol. The standard InChI is InChI=1S/C24H31N3O3S/c1-30-20-8-6-18(7-9-20)21(26-12-2-3-13-26)17-25-23(28)19-10-14-27(15-11-19)24(29)22-5-4-16-31-22/h4-9,16,19,21H,2-3,10-15,17H2,1H3,(H,25,28). The van der Waals surface area contributed by atoms with Crippen LogP contribution in [-0.2, 0) is 4.79 Å². The molecule has 2 aliphatic heterocycles. The SMILES string of the molecule is COc1ccc(C(CNC(=O)C2CCN(C(=O)c3cccs3)CC2)N2CCCC2)cc1. The van der Waals surface area contributed by atoms with Crippen molar-refractivity contribution in [3.8, 4) is 5.75 Å². The molecule has 1 atom stereocenters. The van der Waals surface area contributed by atoms with E-state index in [1.165, 1.54) is 29.7 Å². The van der Waals surface area contributed by atoms with Crippen LogP contribution in [0.25, 0.3) is 0 Å². The minimum absolute atomic E-state index is 0.0255. The Balaban J connectivity index is 1.32. The molecule has 31 heavy (non-hydrogen) atoms. The van der Waals surface area contributed by atoms with Crippen LogP contribution in [0.2, 0.25) is 0 Å². The summed E-state index contributed by atoms with van der Waals surface area (Å²) in [6.45, 7) is 4.02. The number of likely N-dealkylation sites (tertiary alicyclic amines) is 2. The van der Waals surface area contributed by atoms with Gasteiger partial charge in [-0.2, -0.15) is 0 Å². The van der Waals surface area contributed by atoms with Crippen molar-refractivity contribution in [1.82, 2.24) is 15.1 Å². The Hall–Kier alpha value is -2.38. The van der Waals surface area contributed by atoms with Crippen molar-refractivity contribution in [2.24, 2.45) is 5.92 Å². The van der Waals surface area contributed by atoms with Gasteiger partial charge >= 0.3 is 0 Å². The first-order valence-electron chi connectivity index (χ1n) is 11.1. The minimum Gasteiger partial charge on any atom is -0.497 e. The van der Waals surface area contributed by atoms with E-state index in [1.54, 1.807) is 7.11 Å². The zero-order valence-electron chi connectivity index (χ0n) is 18.1. The van der Waals surface area contributed by atoms with E-state index in [2.05, 4.69) is 22.3 Å². The molecular weight excluding hydrogens is 410 g/mol. The van der Waals surface area contributed by atoms with Crippen LogP contribution in [0, 0.1) is 5.92 Å². The predicted molar refractivity (Wildman–Crippen MR) is 122 cm³/mol. The molecule has 2 fully saturated rings. The largest absolute Gasteiger partial charge is 0.497 e. The molecule has 1 aromatic heterocycles. The van der Waals surface area contributed by atoms with E-state index in [-0.39, 0.29) is 23.8 Å². The van der Waals surface area contributed by atoms with E-state index < -0.39 is 0 Å². The third-order valence-corrected chi connectivity index (χ3v) is 7.29. The maximum Gasteiger partial charge on any atom is 0.263 e. The molecule has 1 N–H and O–H groups in total. The number of hydrogen-bond donors (Lipinski definition) is 1. The summed E-state index contributed by atoms with van der Waals surface area (Å²) >= 11 is 1.47. The molecule has 2 saturated heterocycles. The van der Waals surface area contributed by atoms with Gasteiger partial charge in [-0.3, -0.25) is 14.5 Å². The second kappa shape index (κ2) is 10.3. The lowest BCUT2D eigenvalue weighted by Gasteiger charge is -2.32. The average Bonchev–Trinajstić information content (AvgIpc) is 3.54. The summed E-state index contributed by atoms with van der Waals surface area (Å²) < 4.78 is 5.29. The van der Waals surface area contributed by atoms with Crippen molar-refractivity contribution in [3.05, 3.63) is 52.2 Å². The molecule has 1 aromatic carbocycles. The summed E-state index contributed by atoms with van der Waals surface area (Å²) in [6, 6.07) is 12.1. The van der Waals surface area contributed by atoms with Crippen LogP contribution in [0.15, 0.2) is 41.8 Å². The highest BCUT2D eigenvalue weighted by Crippen LogP contribution is 2.27. The summed E-state index contributed by atoms with van der Waals surface area (Å²) in [5.41, 5.74) is 1.21. The number of piperidine rings is 1. The highest BCUT2D eigenvalue weighted by molar-refractivity contribution is 7.12. The Morgan fingerprint density at radius 1 is 1.10 bits per heavy atom. The molecule has 7 heteroatoms. The van der Waals surface area contributed by atoms with Crippen molar-refractivity contribution in [2.75, 3.05) is 39.8 Å². The zero-order chi connectivity index (χ0) is 21.6. The second-order valence-electron chi connectivity index (χ2n) is 8.32. The van der Waals surface area contributed by atoms with E-state index in [4.69, 9.17) is 4.74 Å². The van der Waals surface area contributed by atoms with E-state index in [1.807, 2.05) is 34.5 Å². The van der Waals surface area contributed by atoms with Crippen LogP contribution < -0.4 is 10.1 Å². The lowest BCUT2D eigenvalue weighted by Crippen LogP contribution is -2.44. The predicted octanol–water partition coefficient (Wildman–Crippen LogP) is 3.56. The average molecular weight is 442 g/mol. The van der Waals surface area contributed by atoms with Gasteiger partial charge in [0.2, 0.25) is 5.91 Å². The van der Waals surface area contributed by atoms with E-state index in [9.17, 15) is 9.59 Å². The smallest absolute Gasteiger partial charge is 0.263 e. The molecule has 0 saturated carbocycles. The molecule has 1 unspecified atom stereocenters. The Kier molecular flexibility index (Phi) is 7.25. The van der Waals surface area contributed by atoms with Crippen molar-refractivity contribution in [2.45, 2.75) is 31.7 Å².